The Morgan fingerprint density at radius 2 is 1.85 bits per heavy atom. The van der Waals surface area contributed by atoms with Crippen LogP contribution >= 0.6 is 12.4 Å². The van der Waals surface area contributed by atoms with Gasteiger partial charge in [-0.3, -0.25) is 0 Å². The number of likely N-dealkylation sites (N-methyl/N-ethyl adjacent to an activating group) is 1. The number of hydrogen-bond acceptors (Lipinski definition) is 3. The van der Waals surface area contributed by atoms with E-state index in [0.717, 1.165) is 40.9 Å². The van der Waals surface area contributed by atoms with Crippen LogP contribution in [0, 0.1) is 13.8 Å². The summed E-state index contributed by atoms with van der Waals surface area (Å²) in [6.45, 7) is 10.8. The molecule has 0 aliphatic rings. The van der Waals surface area contributed by atoms with Gasteiger partial charge in [-0.25, -0.2) is 0 Å². The van der Waals surface area contributed by atoms with Crippen LogP contribution in [-0.4, -0.2) is 29.6 Å². The molecule has 0 bridgehead atoms. The molecule has 1 N–H and O–H groups in total. The number of aliphatic hydroxyl groups is 1. The van der Waals surface area contributed by atoms with Gasteiger partial charge in [0.1, 0.15) is 11.3 Å². The van der Waals surface area contributed by atoms with Gasteiger partial charge in [0.2, 0.25) is 0 Å². The fourth-order valence-electron chi connectivity index (χ4n) is 2.47. The van der Waals surface area contributed by atoms with Crippen molar-refractivity contribution in [2.45, 2.75) is 33.8 Å². The Morgan fingerprint density at radius 1 is 1.20 bits per heavy atom. The number of aryl methyl sites for hydroxylation is 2. The van der Waals surface area contributed by atoms with E-state index in [1.165, 1.54) is 0 Å². The SMILES string of the molecule is CCN(CC)CC(O)c1cccc2c(C)c(C)oc12.Cl. The molecule has 0 spiro atoms. The van der Waals surface area contributed by atoms with Gasteiger partial charge in [-0.2, -0.15) is 0 Å². The second kappa shape index (κ2) is 7.11. The van der Waals surface area contributed by atoms with Gasteiger partial charge < -0.3 is 14.4 Å². The molecule has 4 heteroatoms. The van der Waals surface area contributed by atoms with Gasteiger partial charge in [-0.05, 0) is 32.5 Å². The van der Waals surface area contributed by atoms with Crippen molar-refractivity contribution in [3.8, 4) is 0 Å². The molecule has 0 saturated carbocycles. The zero-order chi connectivity index (χ0) is 14.0. The monoisotopic (exact) mass is 297 g/mol. The van der Waals surface area contributed by atoms with Crippen LogP contribution in [0.1, 0.15) is 36.8 Å². The second-order valence-electron chi connectivity index (χ2n) is 5.01. The Balaban J connectivity index is 0.00000200. The maximum absolute atomic E-state index is 10.4. The average molecular weight is 298 g/mol. The van der Waals surface area contributed by atoms with Gasteiger partial charge in [0.05, 0.1) is 6.10 Å². The molecule has 0 fully saturated rings. The number of nitrogens with zero attached hydrogens (tertiary/aromatic N) is 1. The van der Waals surface area contributed by atoms with Gasteiger partial charge in [0.15, 0.2) is 0 Å². The van der Waals surface area contributed by atoms with Crippen molar-refractivity contribution in [2.75, 3.05) is 19.6 Å². The molecule has 2 rings (SSSR count). The van der Waals surface area contributed by atoms with Gasteiger partial charge in [0.25, 0.3) is 0 Å². The van der Waals surface area contributed by atoms with E-state index in [4.69, 9.17) is 4.42 Å². The highest BCUT2D eigenvalue weighted by atomic mass is 35.5. The zero-order valence-corrected chi connectivity index (χ0v) is 13.5. The standard InChI is InChI=1S/C16H23NO2.ClH/c1-5-17(6-2)10-15(18)14-9-7-8-13-11(3)12(4)19-16(13)14;/h7-9,15,18H,5-6,10H2,1-4H3;1H. The van der Waals surface area contributed by atoms with Crippen molar-refractivity contribution in [1.82, 2.24) is 4.90 Å². The largest absolute Gasteiger partial charge is 0.461 e. The van der Waals surface area contributed by atoms with Gasteiger partial charge in [-0.15, -0.1) is 12.4 Å². The highest BCUT2D eigenvalue weighted by Crippen LogP contribution is 2.30. The first-order valence-corrected chi connectivity index (χ1v) is 6.97. The lowest BCUT2D eigenvalue weighted by molar-refractivity contribution is 0.119. The smallest absolute Gasteiger partial charge is 0.140 e. The summed E-state index contributed by atoms with van der Waals surface area (Å²) in [5.74, 6) is 0.928. The third-order valence-electron chi connectivity index (χ3n) is 3.92. The molecule has 0 saturated heterocycles. The molecule has 112 valence electrons. The number of rotatable bonds is 5. The van der Waals surface area contributed by atoms with Crippen LogP contribution in [0.2, 0.25) is 0 Å². The van der Waals surface area contributed by atoms with Crippen molar-refractivity contribution in [2.24, 2.45) is 0 Å². The summed E-state index contributed by atoms with van der Waals surface area (Å²) in [4.78, 5) is 2.21. The van der Waals surface area contributed by atoms with Crippen LogP contribution < -0.4 is 0 Å². The highest BCUT2D eigenvalue weighted by molar-refractivity contribution is 5.85. The Hall–Kier alpha value is -1.03. The van der Waals surface area contributed by atoms with Crippen molar-refractivity contribution in [3.05, 3.63) is 35.1 Å². The average Bonchev–Trinajstić information content (AvgIpc) is 2.71. The number of para-hydroxylation sites is 1. The van der Waals surface area contributed by atoms with E-state index in [2.05, 4.69) is 31.7 Å². The number of benzene rings is 1. The first kappa shape index (κ1) is 17.0. The summed E-state index contributed by atoms with van der Waals surface area (Å²) in [6.07, 6.45) is -0.506. The number of furan rings is 1. The molecule has 0 aliphatic heterocycles. The molecule has 1 aromatic heterocycles. The maximum Gasteiger partial charge on any atom is 0.140 e. The summed E-state index contributed by atoms with van der Waals surface area (Å²) < 4.78 is 5.82. The lowest BCUT2D eigenvalue weighted by Gasteiger charge is -2.22. The Labute approximate surface area is 127 Å². The van der Waals surface area contributed by atoms with Gasteiger partial charge >= 0.3 is 0 Å². The first-order chi connectivity index (χ1) is 9.08. The predicted octanol–water partition coefficient (Wildman–Crippen LogP) is 3.85. The quantitative estimate of drug-likeness (QED) is 0.911. The number of aliphatic hydroxyl groups excluding tert-OH is 1. The predicted molar refractivity (Wildman–Crippen MR) is 85.7 cm³/mol. The summed E-state index contributed by atoms with van der Waals surface area (Å²) >= 11 is 0. The first-order valence-electron chi connectivity index (χ1n) is 6.97. The van der Waals surface area contributed by atoms with E-state index >= 15 is 0 Å². The highest BCUT2D eigenvalue weighted by Gasteiger charge is 2.18. The molecule has 0 amide bonds. The normalized spacial score (nSPS) is 12.7. The number of fused-ring (bicyclic) bond motifs is 1. The molecule has 1 aromatic carbocycles. The van der Waals surface area contributed by atoms with Gasteiger partial charge in [-0.1, -0.05) is 32.0 Å². The molecule has 3 nitrogen and oxygen atoms in total. The Bertz CT molecular complexity index is 561. The number of hydrogen-bond donors (Lipinski definition) is 1. The molecule has 0 radical (unpaired) electrons. The van der Waals surface area contributed by atoms with E-state index in [-0.39, 0.29) is 12.4 Å². The van der Waals surface area contributed by atoms with Crippen molar-refractivity contribution < 1.29 is 9.52 Å². The van der Waals surface area contributed by atoms with Crippen LogP contribution in [0.5, 0.6) is 0 Å². The van der Waals surface area contributed by atoms with Crippen molar-refractivity contribution in [1.29, 1.82) is 0 Å². The van der Waals surface area contributed by atoms with Gasteiger partial charge in [0, 0.05) is 17.5 Å². The second-order valence-corrected chi connectivity index (χ2v) is 5.01. The van der Waals surface area contributed by atoms with E-state index in [9.17, 15) is 5.11 Å². The van der Waals surface area contributed by atoms with Crippen LogP contribution in [0.15, 0.2) is 22.6 Å². The molecule has 1 heterocycles. The summed E-state index contributed by atoms with van der Waals surface area (Å²) in [5.41, 5.74) is 2.88. The van der Waals surface area contributed by atoms with Crippen LogP contribution in [0.25, 0.3) is 11.0 Å². The summed E-state index contributed by atoms with van der Waals surface area (Å²) in [6, 6.07) is 6.00. The molecule has 20 heavy (non-hydrogen) atoms. The fourth-order valence-corrected chi connectivity index (χ4v) is 2.47. The summed E-state index contributed by atoms with van der Waals surface area (Å²) in [5, 5.41) is 11.6. The van der Waals surface area contributed by atoms with Crippen LogP contribution in [0.3, 0.4) is 0 Å². The van der Waals surface area contributed by atoms with E-state index in [1.54, 1.807) is 0 Å². The maximum atomic E-state index is 10.4. The molecular weight excluding hydrogens is 274 g/mol. The Kier molecular flexibility index (Phi) is 6.06. The minimum atomic E-state index is -0.506. The zero-order valence-electron chi connectivity index (χ0n) is 12.6. The molecule has 2 aromatic rings. The molecule has 1 atom stereocenters. The van der Waals surface area contributed by atoms with E-state index in [1.807, 2.05) is 19.1 Å². The number of halogens is 1. The van der Waals surface area contributed by atoms with Crippen LogP contribution in [-0.2, 0) is 0 Å². The minimum Gasteiger partial charge on any atom is -0.461 e. The summed E-state index contributed by atoms with van der Waals surface area (Å²) in [7, 11) is 0. The molecular formula is C16H24ClNO2. The molecule has 1 unspecified atom stereocenters. The van der Waals surface area contributed by atoms with Crippen LogP contribution in [0.4, 0.5) is 0 Å². The van der Waals surface area contributed by atoms with Crippen molar-refractivity contribution in [3.63, 3.8) is 0 Å². The Morgan fingerprint density at radius 3 is 2.45 bits per heavy atom. The minimum absolute atomic E-state index is 0. The van der Waals surface area contributed by atoms with E-state index < -0.39 is 6.10 Å². The third-order valence-corrected chi connectivity index (χ3v) is 3.92. The lowest BCUT2D eigenvalue weighted by Crippen LogP contribution is -2.28. The lowest BCUT2D eigenvalue weighted by atomic mass is 10.0. The topological polar surface area (TPSA) is 36.6 Å². The van der Waals surface area contributed by atoms with Crippen molar-refractivity contribution >= 4 is 23.4 Å². The third kappa shape index (κ3) is 3.17. The fraction of sp³-hybridized carbons (Fsp3) is 0.500. The van der Waals surface area contributed by atoms with E-state index in [0.29, 0.717) is 6.54 Å². The molecule has 0 aliphatic carbocycles.